The van der Waals surface area contributed by atoms with E-state index in [4.69, 9.17) is 0 Å². The van der Waals surface area contributed by atoms with E-state index in [1.54, 1.807) is 0 Å². The Kier molecular flexibility index (Phi) is 6.73. The molecule has 78 valence electrons. The number of rotatable bonds is 2. The quantitative estimate of drug-likeness (QED) is 0.610. The molecule has 1 aliphatic carbocycles. The lowest BCUT2D eigenvalue weighted by Crippen LogP contribution is -2.04. The van der Waals surface area contributed by atoms with Crippen LogP contribution in [-0.4, -0.2) is 6.29 Å². The predicted molar refractivity (Wildman–Crippen MR) is 62.2 cm³/mol. The summed E-state index contributed by atoms with van der Waals surface area (Å²) in [5.74, 6) is 0.386. The molecule has 1 atom stereocenters. The van der Waals surface area contributed by atoms with Crippen LogP contribution in [0.4, 0.5) is 0 Å². The summed E-state index contributed by atoms with van der Waals surface area (Å²) >= 11 is 0. The summed E-state index contributed by atoms with van der Waals surface area (Å²) in [6.07, 6.45) is 10.1. The molecule has 1 heteroatoms. The van der Waals surface area contributed by atoms with E-state index in [9.17, 15) is 4.79 Å². The van der Waals surface area contributed by atoms with Gasteiger partial charge in [-0.1, -0.05) is 39.0 Å². The van der Waals surface area contributed by atoms with Crippen LogP contribution in [0.1, 0.15) is 34.1 Å². The van der Waals surface area contributed by atoms with Gasteiger partial charge in [0.2, 0.25) is 0 Å². The zero-order valence-corrected chi connectivity index (χ0v) is 9.58. The van der Waals surface area contributed by atoms with Crippen molar-refractivity contribution in [2.45, 2.75) is 34.1 Å². The van der Waals surface area contributed by atoms with Crippen molar-refractivity contribution in [3.8, 4) is 0 Å². The van der Waals surface area contributed by atoms with E-state index in [0.717, 1.165) is 23.9 Å². The third-order valence-electron chi connectivity index (χ3n) is 2.10. The molecular weight excluding hydrogens is 172 g/mol. The van der Waals surface area contributed by atoms with Crippen LogP contribution in [0.3, 0.4) is 0 Å². The lowest BCUT2D eigenvalue weighted by Gasteiger charge is -2.14. The van der Waals surface area contributed by atoms with Crippen LogP contribution < -0.4 is 0 Å². The maximum atomic E-state index is 10.6. The van der Waals surface area contributed by atoms with Crippen molar-refractivity contribution in [2.24, 2.45) is 5.92 Å². The van der Waals surface area contributed by atoms with Crippen molar-refractivity contribution in [2.75, 3.05) is 0 Å². The highest BCUT2D eigenvalue weighted by Crippen LogP contribution is 2.22. The summed E-state index contributed by atoms with van der Waals surface area (Å²) in [6, 6.07) is 0. The summed E-state index contributed by atoms with van der Waals surface area (Å²) in [4.78, 5) is 10.6. The SMILES string of the molecule is C/C=C/C1=CCC(C)C(C=O)=C1.CC. The number of hydrogen-bond donors (Lipinski definition) is 0. The topological polar surface area (TPSA) is 17.1 Å². The highest BCUT2D eigenvalue weighted by Gasteiger charge is 2.10. The Morgan fingerprint density at radius 1 is 1.43 bits per heavy atom. The summed E-state index contributed by atoms with van der Waals surface area (Å²) in [5, 5.41) is 0. The number of aldehydes is 1. The summed E-state index contributed by atoms with van der Waals surface area (Å²) in [5.41, 5.74) is 2.06. The summed E-state index contributed by atoms with van der Waals surface area (Å²) < 4.78 is 0. The Morgan fingerprint density at radius 3 is 2.57 bits per heavy atom. The summed E-state index contributed by atoms with van der Waals surface area (Å²) in [7, 11) is 0. The molecule has 1 nitrogen and oxygen atoms in total. The Balaban J connectivity index is 0.000000791. The first-order valence-electron chi connectivity index (χ1n) is 5.27. The van der Waals surface area contributed by atoms with Crippen LogP contribution in [0.25, 0.3) is 0 Å². The van der Waals surface area contributed by atoms with Crippen LogP contribution in [0, 0.1) is 5.92 Å². The third-order valence-corrected chi connectivity index (χ3v) is 2.10. The molecule has 0 spiro atoms. The van der Waals surface area contributed by atoms with E-state index in [-0.39, 0.29) is 0 Å². The second kappa shape index (κ2) is 7.31. The molecule has 0 amide bonds. The maximum Gasteiger partial charge on any atom is 0.146 e. The average Bonchev–Trinajstić information content (AvgIpc) is 2.24. The Morgan fingerprint density at radius 2 is 2.07 bits per heavy atom. The first kappa shape index (κ1) is 12.9. The van der Waals surface area contributed by atoms with Crippen molar-refractivity contribution in [1.82, 2.24) is 0 Å². The fourth-order valence-electron chi connectivity index (χ4n) is 1.30. The number of carbonyl (C=O) groups excluding carboxylic acids is 1. The van der Waals surface area contributed by atoms with Gasteiger partial charge >= 0.3 is 0 Å². The van der Waals surface area contributed by atoms with Gasteiger partial charge in [0, 0.05) is 0 Å². The zero-order valence-electron chi connectivity index (χ0n) is 9.58. The first-order valence-corrected chi connectivity index (χ1v) is 5.27. The number of carbonyl (C=O) groups is 1. The molecular formula is C13H20O. The second-order valence-corrected chi connectivity index (χ2v) is 3.10. The van der Waals surface area contributed by atoms with Crippen molar-refractivity contribution in [3.63, 3.8) is 0 Å². The predicted octanol–water partition coefficient (Wildman–Crippen LogP) is 3.68. The zero-order chi connectivity index (χ0) is 11.0. The Bertz CT molecular complexity index is 256. The van der Waals surface area contributed by atoms with E-state index in [2.05, 4.69) is 13.0 Å². The maximum absolute atomic E-state index is 10.6. The van der Waals surface area contributed by atoms with Gasteiger partial charge in [0.15, 0.2) is 0 Å². The van der Waals surface area contributed by atoms with Crippen LogP contribution in [0.5, 0.6) is 0 Å². The van der Waals surface area contributed by atoms with Crippen LogP contribution in [0.15, 0.2) is 35.5 Å². The van der Waals surface area contributed by atoms with Gasteiger partial charge in [0.05, 0.1) is 0 Å². The number of allylic oxidation sites excluding steroid dienone is 6. The van der Waals surface area contributed by atoms with Gasteiger partial charge in [0.25, 0.3) is 0 Å². The smallest absolute Gasteiger partial charge is 0.146 e. The van der Waals surface area contributed by atoms with Crippen LogP contribution in [-0.2, 0) is 4.79 Å². The van der Waals surface area contributed by atoms with Gasteiger partial charge in [-0.25, -0.2) is 0 Å². The Hall–Kier alpha value is -1.11. The minimum atomic E-state index is 0.386. The molecule has 0 aromatic heterocycles. The molecule has 0 aromatic carbocycles. The van der Waals surface area contributed by atoms with E-state index in [0.29, 0.717) is 5.92 Å². The Labute approximate surface area is 87.2 Å². The minimum Gasteiger partial charge on any atom is -0.298 e. The molecule has 0 radical (unpaired) electrons. The van der Waals surface area contributed by atoms with E-state index >= 15 is 0 Å². The van der Waals surface area contributed by atoms with Gasteiger partial charge < -0.3 is 0 Å². The molecule has 1 unspecified atom stereocenters. The highest BCUT2D eigenvalue weighted by molar-refractivity contribution is 5.76. The van der Waals surface area contributed by atoms with Crippen LogP contribution in [0.2, 0.25) is 0 Å². The number of hydrogen-bond acceptors (Lipinski definition) is 1. The van der Waals surface area contributed by atoms with E-state index < -0.39 is 0 Å². The van der Waals surface area contributed by atoms with Gasteiger partial charge in [-0.2, -0.15) is 0 Å². The van der Waals surface area contributed by atoms with Gasteiger partial charge in [-0.15, -0.1) is 0 Å². The monoisotopic (exact) mass is 192 g/mol. The second-order valence-electron chi connectivity index (χ2n) is 3.10. The van der Waals surface area contributed by atoms with Crippen molar-refractivity contribution < 1.29 is 4.79 Å². The molecule has 0 N–H and O–H groups in total. The highest BCUT2D eigenvalue weighted by atomic mass is 16.1. The molecule has 1 rings (SSSR count). The first-order chi connectivity index (χ1) is 6.77. The fourth-order valence-corrected chi connectivity index (χ4v) is 1.30. The molecule has 0 heterocycles. The van der Waals surface area contributed by atoms with Crippen molar-refractivity contribution in [1.29, 1.82) is 0 Å². The standard InChI is InChI=1S/C11H14O.C2H6/c1-3-4-10-6-5-9(2)11(7-10)8-12;1-2/h3-4,6-9H,5H2,1-2H3;1-2H3/b4-3+;. The average molecular weight is 192 g/mol. The molecule has 0 saturated carbocycles. The molecule has 1 aliphatic rings. The van der Waals surface area contributed by atoms with E-state index in [1.807, 2.05) is 39.0 Å². The van der Waals surface area contributed by atoms with Crippen molar-refractivity contribution >= 4 is 6.29 Å². The van der Waals surface area contributed by atoms with Crippen LogP contribution >= 0.6 is 0 Å². The minimum absolute atomic E-state index is 0.386. The normalized spacial score (nSPS) is 20.7. The fraction of sp³-hybridized carbons (Fsp3) is 0.462. The van der Waals surface area contributed by atoms with Gasteiger partial charge in [-0.3, -0.25) is 4.79 Å². The van der Waals surface area contributed by atoms with Crippen molar-refractivity contribution in [3.05, 3.63) is 35.5 Å². The van der Waals surface area contributed by atoms with E-state index in [1.165, 1.54) is 0 Å². The lowest BCUT2D eigenvalue weighted by molar-refractivity contribution is -0.105. The van der Waals surface area contributed by atoms with Gasteiger partial charge in [0.1, 0.15) is 6.29 Å². The molecule has 0 aliphatic heterocycles. The lowest BCUT2D eigenvalue weighted by atomic mass is 9.91. The molecule has 14 heavy (non-hydrogen) atoms. The van der Waals surface area contributed by atoms with Gasteiger partial charge in [-0.05, 0) is 36.5 Å². The summed E-state index contributed by atoms with van der Waals surface area (Å²) in [6.45, 7) is 8.05. The molecule has 0 saturated heterocycles. The largest absolute Gasteiger partial charge is 0.298 e. The third kappa shape index (κ3) is 3.73. The molecule has 0 bridgehead atoms. The molecule has 0 aromatic rings. The molecule has 0 fully saturated rings.